The standard InChI is InChI=1S/C23H27N5O4S/c1-5-14(2)19(25-22(30)24-16-9-11-17(31-3)12-10-16)20(29)26-23-28-27-21(33-23)15-7-6-8-18(13-15)32-4/h6-14,19H,5H2,1-4H3,(H2,24,25,30)(H,26,28,29). The number of urea groups is 1. The second kappa shape index (κ2) is 11.3. The minimum atomic E-state index is -0.752. The Balaban J connectivity index is 1.66. The van der Waals surface area contributed by atoms with Crippen LogP contribution in [-0.2, 0) is 4.79 Å². The van der Waals surface area contributed by atoms with Crippen LogP contribution in [0.4, 0.5) is 15.6 Å². The van der Waals surface area contributed by atoms with Crippen LogP contribution in [0.25, 0.3) is 10.6 Å². The molecule has 174 valence electrons. The fourth-order valence-corrected chi connectivity index (χ4v) is 3.76. The van der Waals surface area contributed by atoms with Gasteiger partial charge < -0.3 is 20.1 Å². The molecule has 0 aliphatic rings. The molecule has 3 aromatic rings. The highest BCUT2D eigenvalue weighted by atomic mass is 32.1. The van der Waals surface area contributed by atoms with Crippen molar-refractivity contribution in [1.29, 1.82) is 0 Å². The van der Waals surface area contributed by atoms with E-state index in [4.69, 9.17) is 9.47 Å². The zero-order valence-corrected chi connectivity index (χ0v) is 19.7. The van der Waals surface area contributed by atoms with Crippen molar-refractivity contribution in [3.8, 4) is 22.1 Å². The van der Waals surface area contributed by atoms with Crippen molar-refractivity contribution in [2.75, 3.05) is 24.9 Å². The van der Waals surface area contributed by atoms with Crippen LogP contribution in [0.3, 0.4) is 0 Å². The zero-order valence-electron chi connectivity index (χ0n) is 18.9. The van der Waals surface area contributed by atoms with Crippen LogP contribution in [0.1, 0.15) is 20.3 Å². The van der Waals surface area contributed by atoms with Crippen LogP contribution in [0, 0.1) is 5.92 Å². The molecule has 1 aromatic heterocycles. The van der Waals surface area contributed by atoms with Crippen molar-refractivity contribution in [2.24, 2.45) is 5.92 Å². The lowest BCUT2D eigenvalue weighted by Crippen LogP contribution is -2.49. The highest BCUT2D eigenvalue weighted by molar-refractivity contribution is 7.18. The highest BCUT2D eigenvalue weighted by Gasteiger charge is 2.27. The third kappa shape index (κ3) is 6.42. The van der Waals surface area contributed by atoms with Crippen molar-refractivity contribution in [1.82, 2.24) is 15.5 Å². The summed E-state index contributed by atoms with van der Waals surface area (Å²) in [4.78, 5) is 25.5. The van der Waals surface area contributed by atoms with E-state index in [2.05, 4.69) is 26.1 Å². The first-order valence-electron chi connectivity index (χ1n) is 10.4. The van der Waals surface area contributed by atoms with Crippen molar-refractivity contribution in [2.45, 2.75) is 26.3 Å². The molecule has 10 heteroatoms. The van der Waals surface area contributed by atoms with E-state index in [1.165, 1.54) is 11.3 Å². The number of anilines is 2. The second-order valence-corrected chi connectivity index (χ2v) is 8.30. The van der Waals surface area contributed by atoms with Gasteiger partial charge in [0.2, 0.25) is 11.0 Å². The van der Waals surface area contributed by atoms with Gasteiger partial charge in [0.1, 0.15) is 22.5 Å². The predicted octanol–water partition coefficient (Wildman–Crippen LogP) is 4.40. The van der Waals surface area contributed by atoms with E-state index in [9.17, 15) is 9.59 Å². The second-order valence-electron chi connectivity index (χ2n) is 7.32. The molecule has 3 N–H and O–H groups in total. The van der Waals surface area contributed by atoms with Crippen LogP contribution in [-0.4, -0.2) is 42.4 Å². The molecular weight excluding hydrogens is 442 g/mol. The summed E-state index contributed by atoms with van der Waals surface area (Å²) in [5.74, 6) is 0.931. The van der Waals surface area contributed by atoms with Crippen molar-refractivity contribution in [3.63, 3.8) is 0 Å². The Bertz CT molecular complexity index is 1090. The number of hydrogen-bond acceptors (Lipinski definition) is 7. The van der Waals surface area contributed by atoms with E-state index in [1.54, 1.807) is 38.5 Å². The molecule has 2 unspecified atom stereocenters. The lowest BCUT2D eigenvalue weighted by Gasteiger charge is -2.23. The summed E-state index contributed by atoms with van der Waals surface area (Å²) in [7, 11) is 3.17. The molecule has 0 saturated heterocycles. The van der Waals surface area contributed by atoms with E-state index in [1.807, 2.05) is 38.1 Å². The number of benzene rings is 2. The van der Waals surface area contributed by atoms with Gasteiger partial charge in [-0.25, -0.2) is 4.79 Å². The molecule has 0 aliphatic carbocycles. The van der Waals surface area contributed by atoms with Crippen molar-refractivity contribution >= 4 is 34.1 Å². The normalized spacial score (nSPS) is 12.4. The lowest BCUT2D eigenvalue weighted by molar-refractivity contribution is -0.119. The summed E-state index contributed by atoms with van der Waals surface area (Å²) in [6.45, 7) is 3.86. The Morgan fingerprint density at radius 2 is 1.73 bits per heavy atom. The number of nitrogens with one attached hydrogen (secondary N) is 3. The summed E-state index contributed by atoms with van der Waals surface area (Å²) in [5.41, 5.74) is 1.42. The van der Waals surface area contributed by atoms with E-state index in [0.29, 0.717) is 33.7 Å². The highest BCUT2D eigenvalue weighted by Crippen LogP contribution is 2.29. The Labute approximate surface area is 196 Å². The molecule has 0 fully saturated rings. The first kappa shape index (κ1) is 24.0. The molecule has 0 aliphatic heterocycles. The van der Waals surface area contributed by atoms with E-state index >= 15 is 0 Å². The fourth-order valence-electron chi connectivity index (χ4n) is 3.01. The number of carbonyl (C=O) groups excluding carboxylic acids is 2. The van der Waals surface area contributed by atoms with Gasteiger partial charge in [-0.1, -0.05) is 43.7 Å². The Morgan fingerprint density at radius 1 is 1.00 bits per heavy atom. The van der Waals surface area contributed by atoms with Gasteiger partial charge in [-0.3, -0.25) is 10.1 Å². The van der Waals surface area contributed by atoms with Gasteiger partial charge >= 0.3 is 6.03 Å². The van der Waals surface area contributed by atoms with Gasteiger partial charge in [-0.05, 0) is 42.3 Å². The van der Waals surface area contributed by atoms with Crippen LogP contribution in [0.5, 0.6) is 11.5 Å². The maximum Gasteiger partial charge on any atom is 0.319 e. The molecule has 0 bridgehead atoms. The van der Waals surface area contributed by atoms with E-state index < -0.39 is 12.1 Å². The molecule has 33 heavy (non-hydrogen) atoms. The Morgan fingerprint density at radius 3 is 2.39 bits per heavy atom. The maximum absolute atomic E-state index is 13.0. The molecule has 9 nitrogen and oxygen atoms in total. The summed E-state index contributed by atoms with van der Waals surface area (Å²) in [6, 6.07) is 13.1. The Hall–Kier alpha value is -3.66. The number of methoxy groups -OCH3 is 2. The van der Waals surface area contributed by atoms with Crippen LogP contribution >= 0.6 is 11.3 Å². The van der Waals surface area contributed by atoms with E-state index in [0.717, 1.165) is 5.56 Å². The molecule has 2 aromatic carbocycles. The molecule has 3 rings (SSSR count). The largest absolute Gasteiger partial charge is 0.497 e. The third-order valence-electron chi connectivity index (χ3n) is 5.10. The summed E-state index contributed by atoms with van der Waals surface area (Å²) < 4.78 is 10.4. The quantitative estimate of drug-likeness (QED) is 0.428. The van der Waals surface area contributed by atoms with Crippen molar-refractivity contribution in [3.05, 3.63) is 48.5 Å². The van der Waals surface area contributed by atoms with Gasteiger partial charge in [0.05, 0.1) is 14.2 Å². The molecule has 1 heterocycles. The average Bonchev–Trinajstić information content (AvgIpc) is 3.31. The zero-order chi connectivity index (χ0) is 23.8. The van der Waals surface area contributed by atoms with E-state index in [-0.39, 0.29) is 11.8 Å². The maximum atomic E-state index is 13.0. The predicted molar refractivity (Wildman–Crippen MR) is 129 cm³/mol. The van der Waals surface area contributed by atoms with Crippen LogP contribution in [0.2, 0.25) is 0 Å². The number of nitrogens with zero attached hydrogens (tertiary/aromatic N) is 2. The molecule has 0 saturated carbocycles. The molecule has 0 spiro atoms. The van der Waals surface area contributed by atoms with Gasteiger partial charge in [-0.15, -0.1) is 10.2 Å². The monoisotopic (exact) mass is 469 g/mol. The number of rotatable bonds is 9. The van der Waals surface area contributed by atoms with Gasteiger partial charge in [0, 0.05) is 11.3 Å². The van der Waals surface area contributed by atoms with Crippen LogP contribution in [0.15, 0.2) is 48.5 Å². The van der Waals surface area contributed by atoms with Gasteiger partial charge in [0.15, 0.2) is 0 Å². The number of amides is 3. The summed E-state index contributed by atoms with van der Waals surface area (Å²) in [6.07, 6.45) is 0.700. The number of hydrogen-bond donors (Lipinski definition) is 3. The average molecular weight is 470 g/mol. The number of ether oxygens (including phenoxy) is 2. The third-order valence-corrected chi connectivity index (χ3v) is 5.99. The minimum Gasteiger partial charge on any atom is -0.497 e. The molecule has 2 atom stereocenters. The minimum absolute atomic E-state index is 0.0996. The van der Waals surface area contributed by atoms with Gasteiger partial charge in [0.25, 0.3) is 0 Å². The van der Waals surface area contributed by atoms with Gasteiger partial charge in [-0.2, -0.15) is 0 Å². The topological polar surface area (TPSA) is 114 Å². The Kier molecular flexibility index (Phi) is 8.20. The number of aromatic nitrogens is 2. The fraction of sp³-hybridized carbons (Fsp3) is 0.304. The molecular formula is C23H27N5O4S. The first-order chi connectivity index (χ1) is 15.9. The molecule has 3 amide bonds. The lowest BCUT2D eigenvalue weighted by atomic mass is 9.98. The SMILES string of the molecule is CCC(C)C(NC(=O)Nc1ccc(OC)cc1)C(=O)Nc1nnc(-c2cccc(OC)c2)s1. The number of carbonyl (C=O) groups is 2. The van der Waals surface area contributed by atoms with Crippen LogP contribution < -0.4 is 25.4 Å². The summed E-state index contributed by atoms with van der Waals surface area (Å²) >= 11 is 1.25. The summed E-state index contributed by atoms with van der Waals surface area (Å²) in [5, 5.41) is 17.5. The first-order valence-corrected chi connectivity index (χ1v) is 11.3. The van der Waals surface area contributed by atoms with Crippen molar-refractivity contribution < 1.29 is 19.1 Å². The molecule has 0 radical (unpaired) electrons. The smallest absolute Gasteiger partial charge is 0.319 e.